The first-order chi connectivity index (χ1) is 11.5. The first-order valence-electron chi connectivity index (χ1n) is 6.95. The van der Waals surface area contributed by atoms with E-state index in [-0.39, 0.29) is 12.2 Å². The second kappa shape index (κ2) is 7.17. The van der Waals surface area contributed by atoms with Crippen LogP contribution in [0.3, 0.4) is 0 Å². The molecule has 0 fully saturated rings. The van der Waals surface area contributed by atoms with Gasteiger partial charge in [0.05, 0.1) is 5.69 Å². The molecule has 0 saturated heterocycles. The summed E-state index contributed by atoms with van der Waals surface area (Å²) >= 11 is 0. The Kier molecular flexibility index (Phi) is 5.58. The number of nitrogens with zero attached hydrogens (tertiary/aromatic N) is 2. The molecule has 0 aliphatic rings. The molecule has 25 heavy (non-hydrogen) atoms. The molecule has 2 rings (SSSR count). The Morgan fingerprint density at radius 2 is 1.68 bits per heavy atom. The van der Waals surface area contributed by atoms with Gasteiger partial charge in [0.25, 0.3) is 5.56 Å². The molecule has 1 heterocycles. The van der Waals surface area contributed by atoms with Crippen LogP contribution in [0.5, 0.6) is 0 Å². The standard InChI is InChI=1S/C14H16N2O7P2/c1-16-12(7-8-14(24(18,19)20)25(21,22)23)15-11(9-13(16)17)10-5-3-2-4-6-10/h2-6,8-9H,7H2,1H3,(H2,18,19,20)(H2,21,22,23). The Hall–Kier alpha value is -1.86. The number of aromatic nitrogens is 2. The fourth-order valence-electron chi connectivity index (χ4n) is 2.12. The first kappa shape index (κ1) is 19.5. The van der Waals surface area contributed by atoms with Crippen LogP contribution in [0.15, 0.2) is 52.3 Å². The summed E-state index contributed by atoms with van der Waals surface area (Å²) in [5.41, 5.74) is 0.600. The lowest BCUT2D eigenvalue weighted by Gasteiger charge is -2.12. The highest BCUT2D eigenvalue weighted by atomic mass is 31.2. The van der Waals surface area contributed by atoms with Crippen LogP contribution in [0.1, 0.15) is 5.82 Å². The number of hydrogen-bond acceptors (Lipinski definition) is 4. The van der Waals surface area contributed by atoms with Gasteiger partial charge in [0.15, 0.2) is 0 Å². The Morgan fingerprint density at radius 3 is 2.20 bits per heavy atom. The van der Waals surface area contributed by atoms with Gasteiger partial charge in [0.1, 0.15) is 10.9 Å². The maximum atomic E-state index is 12.1. The van der Waals surface area contributed by atoms with Crippen LogP contribution in [0, 0.1) is 0 Å². The average Bonchev–Trinajstić information content (AvgIpc) is 2.49. The van der Waals surface area contributed by atoms with E-state index in [0.717, 1.165) is 10.6 Å². The molecule has 4 N–H and O–H groups in total. The van der Waals surface area contributed by atoms with Gasteiger partial charge < -0.3 is 19.6 Å². The van der Waals surface area contributed by atoms with E-state index >= 15 is 0 Å². The molecule has 0 amide bonds. The average molecular weight is 386 g/mol. The van der Waals surface area contributed by atoms with Gasteiger partial charge in [-0.1, -0.05) is 36.4 Å². The molecule has 0 atom stereocenters. The van der Waals surface area contributed by atoms with Gasteiger partial charge in [0, 0.05) is 25.1 Å². The molecule has 2 aromatic rings. The van der Waals surface area contributed by atoms with E-state index in [0.29, 0.717) is 11.3 Å². The fraction of sp³-hybridized carbons (Fsp3) is 0.143. The Balaban J connectivity index is 2.51. The fourth-order valence-corrected chi connectivity index (χ4v) is 4.13. The van der Waals surface area contributed by atoms with Crippen LogP contribution in [0.2, 0.25) is 0 Å². The summed E-state index contributed by atoms with van der Waals surface area (Å²) in [5.74, 6) is 0.103. The van der Waals surface area contributed by atoms with Crippen LogP contribution in [-0.4, -0.2) is 29.1 Å². The molecule has 0 aliphatic heterocycles. The maximum absolute atomic E-state index is 12.1. The third-order valence-electron chi connectivity index (χ3n) is 3.36. The van der Waals surface area contributed by atoms with Crippen molar-refractivity contribution in [2.75, 3.05) is 0 Å². The van der Waals surface area contributed by atoms with Crippen molar-refractivity contribution in [3.63, 3.8) is 0 Å². The maximum Gasteiger partial charge on any atom is 0.364 e. The van der Waals surface area contributed by atoms with Gasteiger partial charge in [-0.05, 0) is 0 Å². The minimum atomic E-state index is -5.15. The lowest BCUT2D eigenvalue weighted by atomic mass is 10.1. The van der Waals surface area contributed by atoms with E-state index in [2.05, 4.69) is 4.98 Å². The molecule has 0 unspecified atom stereocenters. The van der Waals surface area contributed by atoms with Gasteiger partial charge in [-0.2, -0.15) is 0 Å². The molecule has 0 bridgehead atoms. The highest BCUT2D eigenvalue weighted by Crippen LogP contribution is 2.63. The van der Waals surface area contributed by atoms with Crippen molar-refractivity contribution in [1.29, 1.82) is 0 Å². The smallest absolute Gasteiger partial charge is 0.321 e. The molecule has 0 saturated carbocycles. The van der Waals surface area contributed by atoms with Crippen molar-refractivity contribution in [3.8, 4) is 11.3 Å². The number of allylic oxidation sites excluding steroid dienone is 1. The molecule has 1 aromatic heterocycles. The van der Waals surface area contributed by atoms with Crippen molar-refractivity contribution in [3.05, 3.63) is 63.7 Å². The minimum Gasteiger partial charge on any atom is -0.321 e. The lowest BCUT2D eigenvalue weighted by Crippen LogP contribution is -2.21. The van der Waals surface area contributed by atoms with E-state index in [4.69, 9.17) is 19.6 Å². The van der Waals surface area contributed by atoms with E-state index in [1.807, 2.05) is 0 Å². The van der Waals surface area contributed by atoms with Crippen molar-refractivity contribution >= 4 is 15.2 Å². The Bertz CT molecular complexity index is 933. The highest BCUT2D eigenvalue weighted by Gasteiger charge is 2.35. The summed E-state index contributed by atoms with van der Waals surface area (Å²) in [6.07, 6.45) is 0.385. The van der Waals surface area contributed by atoms with E-state index in [1.54, 1.807) is 30.3 Å². The zero-order valence-corrected chi connectivity index (χ0v) is 14.8. The van der Waals surface area contributed by atoms with Gasteiger partial charge in [0.2, 0.25) is 0 Å². The normalized spacial score (nSPS) is 12.0. The van der Waals surface area contributed by atoms with E-state index in [1.165, 1.54) is 13.1 Å². The van der Waals surface area contributed by atoms with Crippen molar-refractivity contribution in [2.24, 2.45) is 7.05 Å². The summed E-state index contributed by atoms with van der Waals surface area (Å²) in [6.45, 7) is 0. The zero-order chi connectivity index (χ0) is 18.8. The molecule has 0 spiro atoms. The van der Waals surface area contributed by atoms with Gasteiger partial charge >= 0.3 is 15.2 Å². The van der Waals surface area contributed by atoms with Gasteiger partial charge in [-0.3, -0.25) is 18.5 Å². The predicted molar refractivity (Wildman–Crippen MR) is 90.8 cm³/mol. The van der Waals surface area contributed by atoms with Crippen LogP contribution in [0.4, 0.5) is 0 Å². The summed E-state index contributed by atoms with van der Waals surface area (Å²) in [5, 5.41) is -1.29. The Labute approximate surface area is 142 Å². The van der Waals surface area contributed by atoms with Crippen molar-refractivity contribution in [1.82, 2.24) is 9.55 Å². The Morgan fingerprint density at radius 1 is 1.12 bits per heavy atom. The molecule has 0 radical (unpaired) electrons. The monoisotopic (exact) mass is 386 g/mol. The SMILES string of the molecule is Cn1c(CC=C(P(=O)(O)O)P(=O)(O)O)nc(-c2ccccc2)cc1=O. The number of hydrogen-bond donors (Lipinski definition) is 4. The van der Waals surface area contributed by atoms with Crippen LogP contribution >= 0.6 is 15.2 Å². The number of rotatable bonds is 5. The summed E-state index contributed by atoms with van der Waals surface area (Å²) in [7, 11) is -8.89. The number of benzene rings is 1. The molecule has 1 aromatic carbocycles. The molecule has 11 heteroatoms. The third kappa shape index (κ3) is 4.83. The topological polar surface area (TPSA) is 150 Å². The van der Waals surface area contributed by atoms with Gasteiger partial charge in [-0.15, -0.1) is 0 Å². The van der Waals surface area contributed by atoms with Crippen molar-refractivity contribution in [2.45, 2.75) is 6.42 Å². The predicted octanol–water partition coefficient (Wildman–Crippen LogP) is 1.19. The first-order valence-corrected chi connectivity index (χ1v) is 10.2. The van der Waals surface area contributed by atoms with Crippen LogP contribution in [0.25, 0.3) is 11.3 Å². The van der Waals surface area contributed by atoms with E-state index in [9.17, 15) is 13.9 Å². The largest absolute Gasteiger partial charge is 0.364 e. The van der Waals surface area contributed by atoms with Crippen LogP contribution in [-0.2, 0) is 22.6 Å². The molecule has 9 nitrogen and oxygen atoms in total. The van der Waals surface area contributed by atoms with E-state index < -0.39 is 25.8 Å². The summed E-state index contributed by atoms with van der Waals surface area (Å²) in [4.78, 5) is 52.8. The van der Waals surface area contributed by atoms with Crippen LogP contribution < -0.4 is 5.56 Å². The van der Waals surface area contributed by atoms with Crippen molar-refractivity contribution < 1.29 is 28.7 Å². The summed E-state index contributed by atoms with van der Waals surface area (Å²) in [6, 6.07) is 10.1. The zero-order valence-electron chi connectivity index (χ0n) is 13.1. The highest BCUT2D eigenvalue weighted by molar-refractivity contribution is 7.77. The minimum absolute atomic E-state index is 0.103. The molecule has 0 aliphatic carbocycles. The molecular weight excluding hydrogens is 370 g/mol. The quantitative estimate of drug-likeness (QED) is 0.560. The lowest BCUT2D eigenvalue weighted by molar-refractivity contribution is 0.367. The second-order valence-corrected chi connectivity index (χ2v) is 8.67. The molecule has 134 valence electrons. The van der Waals surface area contributed by atoms with Gasteiger partial charge in [-0.25, -0.2) is 4.98 Å². The molecular formula is C14H16N2O7P2. The third-order valence-corrected chi connectivity index (χ3v) is 6.48. The second-order valence-electron chi connectivity index (χ2n) is 5.18. The summed E-state index contributed by atoms with van der Waals surface area (Å²) < 4.78 is 23.7.